The minimum atomic E-state index is -0.969. The molecule has 0 heterocycles. The van der Waals surface area contributed by atoms with Gasteiger partial charge in [-0.05, 0) is 18.2 Å². The summed E-state index contributed by atoms with van der Waals surface area (Å²) < 4.78 is 0. The number of amides is 2. The number of aliphatic carboxylic acids is 1. The van der Waals surface area contributed by atoms with Crippen molar-refractivity contribution in [2.75, 3.05) is 16.8 Å². The zero-order valence-corrected chi connectivity index (χ0v) is 10.2. The van der Waals surface area contributed by atoms with Gasteiger partial charge in [0.1, 0.15) is 0 Å². The van der Waals surface area contributed by atoms with E-state index in [9.17, 15) is 14.4 Å². The topological polar surface area (TPSA) is 109 Å². The number of anilines is 1. The number of carbonyl (C=O) groups excluding carboxylic acids is 2. The summed E-state index contributed by atoms with van der Waals surface area (Å²) in [7, 11) is 0. The first kappa shape index (κ1) is 14.0. The SMILES string of the molecule is NC(=O)c1cccc(NC(=O)CSCC(=O)O)c1. The van der Waals surface area contributed by atoms with Crippen LogP contribution < -0.4 is 11.1 Å². The number of nitrogens with two attached hydrogens (primary N) is 1. The number of rotatable bonds is 6. The molecule has 6 nitrogen and oxygen atoms in total. The van der Waals surface area contributed by atoms with Crippen LogP contribution in [0.5, 0.6) is 0 Å². The van der Waals surface area contributed by atoms with Crippen molar-refractivity contribution < 1.29 is 19.5 Å². The molecule has 0 aliphatic heterocycles. The van der Waals surface area contributed by atoms with Gasteiger partial charge in [0.15, 0.2) is 0 Å². The summed E-state index contributed by atoms with van der Waals surface area (Å²) in [6, 6.07) is 6.21. The van der Waals surface area contributed by atoms with Crippen LogP contribution in [-0.2, 0) is 9.59 Å². The van der Waals surface area contributed by atoms with Crippen molar-refractivity contribution in [3.63, 3.8) is 0 Å². The highest BCUT2D eigenvalue weighted by molar-refractivity contribution is 8.00. The van der Waals surface area contributed by atoms with Crippen molar-refractivity contribution in [1.29, 1.82) is 0 Å². The summed E-state index contributed by atoms with van der Waals surface area (Å²) in [6.07, 6.45) is 0. The Kier molecular flexibility index (Phi) is 5.19. The lowest BCUT2D eigenvalue weighted by Gasteiger charge is -2.05. The number of carboxylic acids is 1. The summed E-state index contributed by atoms with van der Waals surface area (Å²) in [6.45, 7) is 0. The Morgan fingerprint density at radius 2 is 2.00 bits per heavy atom. The molecule has 0 aliphatic carbocycles. The summed E-state index contributed by atoms with van der Waals surface area (Å²) >= 11 is 0.996. The number of thioether (sulfide) groups is 1. The maximum atomic E-state index is 11.4. The van der Waals surface area contributed by atoms with Crippen LogP contribution in [-0.4, -0.2) is 34.4 Å². The van der Waals surface area contributed by atoms with Crippen LogP contribution in [0.15, 0.2) is 24.3 Å². The molecule has 1 aromatic rings. The van der Waals surface area contributed by atoms with Gasteiger partial charge in [0.25, 0.3) is 0 Å². The summed E-state index contributed by atoms with van der Waals surface area (Å²) in [4.78, 5) is 32.6. The van der Waals surface area contributed by atoms with Gasteiger partial charge < -0.3 is 16.2 Å². The normalized spacial score (nSPS) is 9.78. The Labute approximate surface area is 108 Å². The molecule has 0 fully saturated rings. The molecule has 0 saturated heterocycles. The summed E-state index contributed by atoms with van der Waals surface area (Å²) in [5.74, 6) is -1.97. The first-order valence-electron chi connectivity index (χ1n) is 4.98. The van der Waals surface area contributed by atoms with E-state index in [1.807, 2.05) is 0 Å². The van der Waals surface area contributed by atoms with Crippen molar-refractivity contribution in [3.05, 3.63) is 29.8 Å². The van der Waals surface area contributed by atoms with E-state index < -0.39 is 11.9 Å². The fraction of sp³-hybridized carbons (Fsp3) is 0.182. The number of primary amides is 1. The van der Waals surface area contributed by atoms with Gasteiger partial charge in [0.05, 0.1) is 11.5 Å². The predicted octanol–water partition coefficient (Wildman–Crippen LogP) is 0.542. The molecule has 7 heteroatoms. The largest absolute Gasteiger partial charge is 0.481 e. The highest BCUT2D eigenvalue weighted by atomic mass is 32.2. The van der Waals surface area contributed by atoms with Gasteiger partial charge in [-0.3, -0.25) is 14.4 Å². The maximum absolute atomic E-state index is 11.4. The molecule has 1 rings (SSSR count). The van der Waals surface area contributed by atoms with Gasteiger partial charge in [0, 0.05) is 11.3 Å². The molecule has 0 aliphatic rings. The average Bonchev–Trinajstić information content (AvgIpc) is 2.28. The molecule has 0 spiro atoms. The van der Waals surface area contributed by atoms with Crippen LogP contribution in [0.25, 0.3) is 0 Å². The van der Waals surface area contributed by atoms with Crippen LogP contribution >= 0.6 is 11.8 Å². The van der Waals surface area contributed by atoms with Gasteiger partial charge >= 0.3 is 5.97 Å². The predicted molar refractivity (Wildman–Crippen MR) is 68.6 cm³/mol. The molecule has 0 unspecified atom stereocenters. The van der Waals surface area contributed by atoms with Crippen LogP contribution in [0.4, 0.5) is 5.69 Å². The fourth-order valence-electron chi connectivity index (χ4n) is 1.18. The second-order valence-electron chi connectivity index (χ2n) is 3.38. The van der Waals surface area contributed by atoms with Crippen molar-refractivity contribution in [2.24, 2.45) is 5.73 Å². The van der Waals surface area contributed by atoms with Gasteiger partial charge in [-0.15, -0.1) is 11.8 Å². The smallest absolute Gasteiger partial charge is 0.313 e. The molecule has 1 aromatic carbocycles. The summed E-state index contributed by atoms with van der Waals surface area (Å²) in [5.41, 5.74) is 5.85. The third kappa shape index (κ3) is 4.88. The van der Waals surface area contributed by atoms with E-state index in [1.165, 1.54) is 12.1 Å². The van der Waals surface area contributed by atoms with E-state index in [4.69, 9.17) is 10.8 Å². The molecular formula is C11H12N2O4S. The lowest BCUT2D eigenvalue weighted by atomic mass is 10.2. The van der Waals surface area contributed by atoms with Gasteiger partial charge in [-0.1, -0.05) is 6.07 Å². The highest BCUT2D eigenvalue weighted by Crippen LogP contribution is 2.11. The Morgan fingerprint density at radius 1 is 1.28 bits per heavy atom. The monoisotopic (exact) mass is 268 g/mol. The van der Waals surface area contributed by atoms with Crippen LogP contribution in [0.3, 0.4) is 0 Å². The molecule has 96 valence electrons. The zero-order valence-electron chi connectivity index (χ0n) is 9.38. The first-order valence-corrected chi connectivity index (χ1v) is 6.14. The van der Waals surface area contributed by atoms with Gasteiger partial charge in [-0.2, -0.15) is 0 Å². The molecule has 0 aromatic heterocycles. The third-order valence-electron chi connectivity index (χ3n) is 1.89. The lowest BCUT2D eigenvalue weighted by Crippen LogP contribution is -2.16. The minimum absolute atomic E-state index is 0.0348. The minimum Gasteiger partial charge on any atom is -0.481 e. The number of carbonyl (C=O) groups is 3. The van der Waals surface area contributed by atoms with E-state index in [0.29, 0.717) is 11.3 Å². The fourth-order valence-corrected chi connectivity index (χ4v) is 1.71. The van der Waals surface area contributed by atoms with Crippen molar-refractivity contribution in [1.82, 2.24) is 0 Å². The molecule has 0 atom stereocenters. The van der Waals surface area contributed by atoms with Crippen molar-refractivity contribution in [3.8, 4) is 0 Å². The number of hydrogen-bond donors (Lipinski definition) is 3. The second kappa shape index (κ2) is 6.65. The first-order chi connectivity index (χ1) is 8.49. The lowest BCUT2D eigenvalue weighted by molar-refractivity contribution is -0.133. The molecule has 0 radical (unpaired) electrons. The highest BCUT2D eigenvalue weighted by Gasteiger charge is 2.06. The van der Waals surface area contributed by atoms with Crippen LogP contribution in [0.1, 0.15) is 10.4 Å². The maximum Gasteiger partial charge on any atom is 0.313 e. The van der Waals surface area contributed by atoms with Crippen molar-refractivity contribution >= 4 is 35.2 Å². The number of nitrogens with one attached hydrogen (secondary N) is 1. The Hall–Kier alpha value is -2.02. The Balaban J connectivity index is 2.51. The molecule has 0 bridgehead atoms. The second-order valence-corrected chi connectivity index (χ2v) is 4.37. The quantitative estimate of drug-likeness (QED) is 0.697. The number of carboxylic acid groups (broad SMARTS) is 1. The van der Waals surface area contributed by atoms with E-state index in [0.717, 1.165) is 11.8 Å². The number of hydrogen-bond acceptors (Lipinski definition) is 4. The van der Waals surface area contributed by atoms with Gasteiger partial charge in [-0.25, -0.2) is 0 Å². The zero-order chi connectivity index (χ0) is 13.5. The molecule has 18 heavy (non-hydrogen) atoms. The van der Waals surface area contributed by atoms with Crippen LogP contribution in [0, 0.1) is 0 Å². The van der Waals surface area contributed by atoms with E-state index >= 15 is 0 Å². The third-order valence-corrected chi connectivity index (χ3v) is 2.81. The van der Waals surface area contributed by atoms with Crippen LogP contribution in [0.2, 0.25) is 0 Å². The van der Waals surface area contributed by atoms with Gasteiger partial charge in [0.2, 0.25) is 11.8 Å². The average molecular weight is 268 g/mol. The molecule has 2 amide bonds. The molecular weight excluding hydrogens is 256 g/mol. The van der Waals surface area contributed by atoms with E-state index in [1.54, 1.807) is 12.1 Å². The standard InChI is InChI=1S/C11H12N2O4S/c12-11(17)7-2-1-3-8(4-7)13-9(14)5-18-6-10(15)16/h1-4H,5-6H2,(H2,12,17)(H,13,14)(H,15,16). The van der Waals surface area contributed by atoms with Crippen molar-refractivity contribution in [2.45, 2.75) is 0 Å². The Bertz CT molecular complexity index is 476. The molecule has 4 N–H and O–H groups in total. The number of benzene rings is 1. The van der Waals surface area contributed by atoms with E-state index in [-0.39, 0.29) is 17.4 Å². The summed E-state index contributed by atoms with van der Waals surface area (Å²) in [5, 5.41) is 11.0. The molecule has 0 saturated carbocycles. The van der Waals surface area contributed by atoms with E-state index in [2.05, 4.69) is 5.32 Å². The Morgan fingerprint density at radius 3 is 2.61 bits per heavy atom.